The Morgan fingerprint density at radius 3 is 2.22 bits per heavy atom. The maximum absolute atomic E-state index is 13.8. The van der Waals surface area contributed by atoms with Gasteiger partial charge in [0.2, 0.25) is 5.91 Å². The number of hydrogen-bond acceptors (Lipinski definition) is 6. The number of amides is 1. The Bertz CT molecular complexity index is 905. The smallest absolute Gasteiger partial charge is 0.337 e. The van der Waals surface area contributed by atoms with Gasteiger partial charge in [0.05, 0.1) is 25.2 Å². The fourth-order valence-electron chi connectivity index (χ4n) is 7.11. The van der Waals surface area contributed by atoms with Gasteiger partial charge in [-0.1, -0.05) is 0 Å². The molecule has 5 aliphatic rings. The Balaban J connectivity index is 1.32. The van der Waals surface area contributed by atoms with E-state index in [1.807, 2.05) is 0 Å². The number of likely N-dealkylation sites (tertiary alicyclic amines) is 1. The Hall–Kier alpha value is -2.57. The average molecular weight is 442 g/mol. The van der Waals surface area contributed by atoms with Gasteiger partial charge in [-0.05, 0) is 87.3 Å². The Morgan fingerprint density at radius 2 is 1.62 bits per heavy atom. The quantitative estimate of drug-likeness (QED) is 0.513. The molecule has 5 fully saturated rings. The molecule has 4 aliphatic carbocycles. The number of rotatable bonds is 5. The first-order chi connectivity index (χ1) is 15.4. The van der Waals surface area contributed by atoms with Crippen molar-refractivity contribution in [2.45, 2.75) is 57.4 Å². The van der Waals surface area contributed by atoms with Gasteiger partial charge in [0.15, 0.2) is 11.5 Å². The lowest BCUT2D eigenvalue weighted by Gasteiger charge is -2.56. The van der Waals surface area contributed by atoms with E-state index in [1.165, 1.54) is 51.7 Å². The van der Waals surface area contributed by atoms with Crippen LogP contribution < -0.4 is 9.47 Å². The van der Waals surface area contributed by atoms with Crippen molar-refractivity contribution in [3.8, 4) is 11.5 Å². The van der Waals surface area contributed by atoms with Gasteiger partial charge in [0.1, 0.15) is 6.04 Å². The summed E-state index contributed by atoms with van der Waals surface area (Å²) in [6.45, 7) is 0.610. The molecule has 0 aromatic heterocycles. The lowest BCUT2D eigenvalue weighted by Crippen LogP contribution is -2.56. The van der Waals surface area contributed by atoms with Crippen LogP contribution in [0.1, 0.15) is 61.7 Å². The molecule has 1 aromatic carbocycles. The molecule has 6 rings (SSSR count). The van der Waals surface area contributed by atoms with E-state index in [0.717, 1.165) is 25.7 Å². The molecular formula is C25H31NO6. The predicted octanol–water partition coefficient (Wildman–Crippen LogP) is 3.59. The largest absolute Gasteiger partial charge is 0.493 e. The molecule has 1 saturated heterocycles. The van der Waals surface area contributed by atoms with Crippen LogP contribution in [0.3, 0.4) is 0 Å². The van der Waals surface area contributed by atoms with Gasteiger partial charge in [0, 0.05) is 6.54 Å². The number of carbonyl (C=O) groups excluding carboxylic acids is 3. The van der Waals surface area contributed by atoms with Crippen molar-refractivity contribution >= 4 is 17.8 Å². The van der Waals surface area contributed by atoms with Crippen LogP contribution in [-0.4, -0.2) is 49.6 Å². The number of ether oxygens (including phenoxy) is 3. The summed E-state index contributed by atoms with van der Waals surface area (Å²) in [4.78, 5) is 40.5. The maximum atomic E-state index is 13.8. The summed E-state index contributed by atoms with van der Waals surface area (Å²) in [5, 5.41) is 0. The number of esters is 2. The third kappa shape index (κ3) is 3.55. The van der Waals surface area contributed by atoms with Gasteiger partial charge in [-0.2, -0.15) is 0 Å². The van der Waals surface area contributed by atoms with E-state index in [2.05, 4.69) is 0 Å². The van der Waals surface area contributed by atoms with Crippen LogP contribution in [-0.2, 0) is 14.3 Å². The Morgan fingerprint density at radius 1 is 0.969 bits per heavy atom. The van der Waals surface area contributed by atoms with Crippen molar-refractivity contribution in [3.05, 3.63) is 23.8 Å². The molecule has 1 aromatic rings. The molecule has 0 spiro atoms. The van der Waals surface area contributed by atoms with E-state index in [-0.39, 0.29) is 22.8 Å². The number of hydrogen-bond donors (Lipinski definition) is 0. The lowest BCUT2D eigenvalue weighted by atomic mass is 9.49. The van der Waals surface area contributed by atoms with Gasteiger partial charge in [-0.15, -0.1) is 0 Å². The van der Waals surface area contributed by atoms with Crippen molar-refractivity contribution in [1.29, 1.82) is 0 Å². The Labute approximate surface area is 188 Å². The third-order valence-electron chi connectivity index (χ3n) is 8.07. The second kappa shape index (κ2) is 8.09. The molecule has 32 heavy (non-hydrogen) atoms. The lowest BCUT2D eigenvalue weighted by molar-refractivity contribution is -0.162. The Kier molecular flexibility index (Phi) is 5.38. The van der Waals surface area contributed by atoms with Crippen LogP contribution in [0.25, 0.3) is 0 Å². The van der Waals surface area contributed by atoms with Gasteiger partial charge in [0.25, 0.3) is 0 Å². The number of carbonyl (C=O) groups is 3. The average Bonchev–Trinajstić information content (AvgIpc) is 3.27. The molecule has 1 aliphatic heterocycles. The summed E-state index contributed by atoms with van der Waals surface area (Å²) in [6.07, 6.45) is 8.20. The van der Waals surface area contributed by atoms with E-state index in [0.29, 0.717) is 36.3 Å². The first-order valence-electron chi connectivity index (χ1n) is 11.7. The number of nitrogens with zero attached hydrogens (tertiary/aromatic N) is 1. The monoisotopic (exact) mass is 441 g/mol. The van der Waals surface area contributed by atoms with Crippen LogP contribution in [0, 0.1) is 23.2 Å². The van der Waals surface area contributed by atoms with Crippen molar-refractivity contribution in [1.82, 2.24) is 4.90 Å². The highest BCUT2D eigenvalue weighted by molar-refractivity contribution is 5.91. The van der Waals surface area contributed by atoms with Gasteiger partial charge >= 0.3 is 11.9 Å². The maximum Gasteiger partial charge on any atom is 0.337 e. The molecule has 4 bridgehead atoms. The van der Waals surface area contributed by atoms with Crippen LogP contribution in [0.5, 0.6) is 11.5 Å². The molecule has 172 valence electrons. The molecule has 0 N–H and O–H groups in total. The molecular weight excluding hydrogens is 410 g/mol. The molecule has 0 radical (unpaired) electrons. The van der Waals surface area contributed by atoms with Gasteiger partial charge in [-0.3, -0.25) is 4.79 Å². The zero-order chi connectivity index (χ0) is 22.5. The van der Waals surface area contributed by atoms with Crippen LogP contribution >= 0.6 is 0 Å². The van der Waals surface area contributed by atoms with Crippen molar-refractivity contribution in [2.24, 2.45) is 23.2 Å². The topological polar surface area (TPSA) is 82.1 Å². The van der Waals surface area contributed by atoms with Crippen molar-refractivity contribution < 1.29 is 28.6 Å². The normalized spacial score (nSPS) is 32.6. The van der Waals surface area contributed by atoms with Gasteiger partial charge < -0.3 is 19.1 Å². The fourth-order valence-corrected chi connectivity index (χ4v) is 7.11. The molecule has 1 amide bonds. The summed E-state index contributed by atoms with van der Waals surface area (Å²) in [7, 11) is 2.75. The number of benzene rings is 1. The standard InChI is InChI=1S/C25H31NO6/c1-30-21-11-18(22(27)31-2)5-6-20(21)32-23(28)19-4-3-7-26(19)24(29)25-12-15-8-16(13-25)10-17(9-15)14-25/h5-6,11,15-17,19H,3-4,7-10,12-14H2,1-2H3/t15?,16?,17?,19-,25?/m1/s1. The number of methoxy groups -OCH3 is 2. The zero-order valence-corrected chi connectivity index (χ0v) is 18.8. The molecule has 1 atom stereocenters. The van der Waals surface area contributed by atoms with Gasteiger partial charge in [-0.25, -0.2) is 9.59 Å². The van der Waals surface area contributed by atoms with E-state index in [9.17, 15) is 14.4 Å². The minimum Gasteiger partial charge on any atom is -0.493 e. The van der Waals surface area contributed by atoms with E-state index < -0.39 is 18.0 Å². The second-order valence-electron chi connectivity index (χ2n) is 10.1. The molecule has 0 unspecified atom stereocenters. The van der Waals surface area contributed by atoms with E-state index in [4.69, 9.17) is 14.2 Å². The summed E-state index contributed by atoms with van der Waals surface area (Å²) in [5.74, 6) is 1.78. The molecule has 7 nitrogen and oxygen atoms in total. The highest BCUT2D eigenvalue weighted by Gasteiger charge is 2.57. The second-order valence-corrected chi connectivity index (χ2v) is 10.1. The summed E-state index contributed by atoms with van der Waals surface area (Å²) in [6, 6.07) is 3.98. The van der Waals surface area contributed by atoms with Crippen LogP contribution in [0.2, 0.25) is 0 Å². The minimum atomic E-state index is -0.569. The van der Waals surface area contributed by atoms with E-state index >= 15 is 0 Å². The summed E-state index contributed by atoms with van der Waals surface area (Å²) < 4.78 is 15.7. The van der Waals surface area contributed by atoms with Crippen LogP contribution in [0.15, 0.2) is 18.2 Å². The first kappa shape index (κ1) is 21.3. The highest BCUT2D eigenvalue weighted by atomic mass is 16.6. The van der Waals surface area contributed by atoms with Crippen LogP contribution in [0.4, 0.5) is 0 Å². The fraction of sp³-hybridized carbons (Fsp3) is 0.640. The summed E-state index contributed by atoms with van der Waals surface area (Å²) in [5.41, 5.74) is 0.0425. The SMILES string of the molecule is COC(=O)c1ccc(OC(=O)[C@H]2CCCN2C(=O)C23CC4CC(CC(C4)C2)C3)c(OC)c1. The first-order valence-corrected chi connectivity index (χ1v) is 11.7. The zero-order valence-electron chi connectivity index (χ0n) is 18.8. The van der Waals surface area contributed by atoms with Crippen molar-refractivity contribution in [3.63, 3.8) is 0 Å². The predicted molar refractivity (Wildman–Crippen MR) is 115 cm³/mol. The minimum absolute atomic E-state index is 0.170. The van der Waals surface area contributed by atoms with E-state index in [1.54, 1.807) is 4.90 Å². The molecule has 1 heterocycles. The molecule has 4 saturated carbocycles. The highest BCUT2D eigenvalue weighted by Crippen LogP contribution is 2.60. The summed E-state index contributed by atoms with van der Waals surface area (Å²) >= 11 is 0. The third-order valence-corrected chi connectivity index (χ3v) is 8.07. The van der Waals surface area contributed by atoms with Crippen molar-refractivity contribution in [2.75, 3.05) is 20.8 Å². The molecule has 7 heteroatoms.